The van der Waals surface area contributed by atoms with Crippen molar-refractivity contribution in [2.75, 3.05) is 42.9 Å². The van der Waals surface area contributed by atoms with Crippen molar-refractivity contribution in [2.45, 2.75) is 50.7 Å². The van der Waals surface area contributed by atoms with Crippen molar-refractivity contribution in [1.29, 1.82) is 0 Å². The van der Waals surface area contributed by atoms with Gasteiger partial charge in [-0.2, -0.15) is 4.98 Å². The lowest BCUT2D eigenvalue weighted by atomic mass is 9.90. The smallest absolute Gasteiger partial charge is 0.255 e. The quantitative estimate of drug-likeness (QED) is 0.214. The van der Waals surface area contributed by atoms with Gasteiger partial charge in [-0.3, -0.25) is 9.59 Å². The van der Waals surface area contributed by atoms with Gasteiger partial charge in [0, 0.05) is 37.0 Å². The number of methoxy groups -OCH3 is 2. The molecule has 2 aromatic rings. The van der Waals surface area contributed by atoms with Crippen molar-refractivity contribution < 1.29 is 36.6 Å². The van der Waals surface area contributed by atoms with E-state index in [0.717, 1.165) is 23.8 Å². The second-order valence-electron chi connectivity index (χ2n) is 9.16. The van der Waals surface area contributed by atoms with Crippen molar-refractivity contribution in [3.8, 4) is 11.5 Å². The number of alkyl halides is 2. The maximum Gasteiger partial charge on any atom is 0.255 e. The number of rotatable bonds is 13. The van der Waals surface area contributed by atoms with Crippen LogP contribution >= 0.6 is 0 Å². The van der Waals surface area contributed by atoms with Crippen LogP contribution in [0.3, 0.4) is 0 Å². The molecule has 3 rings (SSSR count). The topological polar surface area (TPSA) is 109 Å². The fourth-order valence-corrected chi connectivity index (χ4v) is 4.56. The van der Waals surface area contributed by atoms with Crippen LogP contribution in [0, 0.1) is 11.6 Å². The molecule has 1 aliphatic rings. The van der Waals surface area contributed by atoms with Crippen molar-refractivity contribution in [3.05, 3.63) is 42.1 Å². The SMILES string of the molecule is C=CC(=O)NC1CCCCC1Nc1ncc(CN(C=O)c2c(F)c(OC)cc(OC)c2F)c(N(C)CC(F)F)n1. The summed E-state index contributed by atoms with van der Waals surface area (Å²) in [5.41, 5.74) is -0.611. The van der Waals surface area contributed by atoms with Crippen molar-refractivity contribution >= 4 is 29.8 Å². The van der Waals surface area contributed by atoms with Crippen LogP contribution in [-0.4, -0.2) is 68.6 Å². The predicted octanol–water partition coefficient (Wildman–Crippen LogP) is 3.66. The molecule has 0 bridgehead atoms. The van der Waals surface area contributed by atoms with Crippen LogP contribution in [0.5, 0.6) is 11.5 Å². The monoisotopic (exact) mass is 568 g/mol. The Hall–Kier alpha value is -4.10. The molecule has 10 nitrogen and oxygen atoms in total. The molecule has 2 unspecified atom stereocenters. The van der Waals surface area contributed by atoms with E-state index >= 15 is 8.78 Å². The number of amides is 2. The van der Waals surface area contributed by atoms with Gasteiger partial charge in [-0.15, -0.1) is 0 Å². The van der Waals surface area contributed by atoms with E-state index in [-0.39, 0.29) is 53.2 Å². The van der Waals surface area contributed by atoms with Crippen LogP contribution < -0.4 is 29.9 Å². The Bertz CT molecular complexity index is 1190. The van der Waals surface area contributed by atoms with Crippen molar-refractivity contribution in [1.82, 2.24) is 15.3 Å². The van der Waals surface area contributed by atoms with Gasteiger partial charge in [0.2, 0.25) is 18.3 Å². The number of aromatic nitrogens is 2. The van der Waals surface area contributed by atoms with Crippen LogP contribution in [0.1, 0.15) is 31.2 Å². The van der Waals surface area contributed by atoms with E-state index in [1.165, 1.54) is 33.5 Å². The molecule has 2 atom stereocenters. The normalized spacial score (nSPS) is 16.7. The van der Waals surface area contributed by atoms with Crippen molar-refractivity contribution in [3.63, 3.8) is 0 Å². The van der Waals surface area contributed by atoms with Crippen LogP contribution in [0.4, 0.5) is 35.0 Å². The zero-order valence-electron chi connectivity index (χ0n) is 22.4. The van der Waals surface area contributed by atoms with Crippen LogP contribution in [-0.2, 0) is 16.1 Å². The average Bonchev–Trinajstić information content (AvgIpc) is 2.93. The van der Waals surface area contributed by atoms with E-state index in [2.05, 4.69) is 27.2 Å². The molecular weight excluding hydrogens is 536 g/mol. The third kappa shape index (κ3) is 7.10. The Kier molecular flexibility index (Phi) is 10.5. The third-order valence-electron chi connectivity index (χ3n) is 6.51. The number of hydrogen-bond acceptors (Lipinski definition) is 8. The standard InChI is InChI=1S/C26H32F4N6O4/c1-5-21(38)32-16-8-6-7-9-17(16)33-26-31-11-15(25(34-26)35(2)13-20(27)28)12-36(14-37)24-22(29)18(39-3)10-19(40-4)23(24)30/h5,10-11,14,16-17,20H,1,6-9,12-13H2,2-4H3,(H,32,38)(H,31,33,34). The number of halogens is 4. The lowest BCUT2D eigenvalue weighted by Gasteiger charge is -2.33. The highest BCUT2D eigenvalue weighted by molar-refractivity contribution is 5.87. The molecule has 14 heteroatoms. The molecule has 2 N–H and O–H groups in total. The first-order valence-electron chi connectivity index (χ1n) is 12.5. The fraction of sp³-hybridized carbons (Fsp3) is 0.462. The molecule has 0 saturated heterocycles. The van der Waals surface area contributed by atoms with Crippen LogP contribution in [0.25, 0.3) is 0 Å². The highest BCUT2D eigenvalue weighted by atomic mass is 19.3. The summed E-state index contributed by atoms with van der Waals surface area (Å²) >= 11 is 0. The number of carbonyl (C=O) groups excluding carboxylic acids is 2. The average molecular weight is 569 g/mol. The first kappa shape index (κ1) is 30.4. The summed E-state index contributed by atoms with van der Waals surface area (Å²) in [5, 5.41) is 6.04. The van der Waals surface area contributed by atoms with Gasteiger partial charge < -0.3 is 29.9 Å². The Balaban J connectivity index is 1.98. The van der Waals surface area contributed by atoms with Crippen LogP contribution in [0.15, 0.2) is 24.9 Å². The number of nitrogens with zero attached hydrogens (tertiary/aromatic N) is 4. The molecule has 2 amide bonds. The Morgan fingerprint density at radius 1 is 1.18 bits per heavy atom. The Morgan fingerprint density at radius 3 is 2.35 bits per heavy atom. The van der Waals surface area contributed by atoms with E-state index < -0.39 is 36.8 Å². The lowest BCUT2D eigenvalue weighted by molar-refractivity contribution is -0.117. The number of nitrogens with one attached hydrogen (secondary N) is 2. The third-order valence-corrected chi connectivity index (χ3v) is 6.51. The summed E-state index contributed by atoms with van der Waals surface area (Å²) in [5.74, 6) is -3.24. The number of hydrogen-bond donors (Lipinski definition) is 2. The Labute approximate surface area is 229 Å². The predicted molar refractivity (Wildman–Crippen MR) is 141 cm³/mol. The summed E-state index contributed by atoms with van der Waals surface area (Å²) in [6.07, 6.45) is 3.15. The largest absolute Gasteiger partial charge is 0.493 e. The minimum Gasteiger partial charge on any atom is -0.493 e. The van der Waals surface area contributed by atoms with E-state index in [4.69, 9.17) is 9.47 Å². The minimum atomic E-state index is -2.72. The van der Waals surface area contributed by atoms with E-state index in [9.17, 15) is 18.4 Å². The van der Waals surface area contributed by atoms with Gasteiger partial charge in [-0.05, 0) is 18.9 Å². The van der Waals surface area contributed by atoms with Gasteiger partial charge in [0.25, 0.3) is 6.43 Å². The number of anilines is 3. The highest BCUT2D eigenvalue weighted by Crippen LogP contribution is 2.37. The van der Waals surface area contributed by atoms with Gasteiger partial charge in [0.1, 0.15) is 11.5 Å². The highest BCUT2D eigenvalue weighted by Gasteiger charge is 2.29. The van der Waals surface area contributed by atoms with Crippen molar-refractivity contribution in [2.24, 2.45) is 0 Å². The first-order valence-corrected chi connectivity index (χ1v) is 12.5. The molecule has 1 aromatic heterocycles. The molecule has 0 radical (unpaired) electrons. The van der Waals surface area contributed by atoms with Gasteiger partial charge in [-0.1, -0.05) is 19.4 Å². The molecule has 1 fully saturated rings. The van der Waals surface area contributed by atoms with Crippen LogP contribution in [0.2, 0.25) is 0 Å². The molecule has 1 aliphatic carbocycles. The molecule has 40 heavy (non-hydrogen) atoms. The zero-order chi connectivity index (χ0) is 29.4. The number of benzene rings is 1. The lowest BCUT2D eigenvalue weighted by Crippen LogP contribution is -2.48. The van der Waals surface area contributed by atoms with Gasteiger partial charge >= 0.3 is 0 Å². The van der Waals surface area contributed by atoms with E-state index in [0.29, 0.717) is 17.7 Å². The maximum absolute atomic E-state index is 15.1. The zero-order valence-corrected chi connectivity index (χ0v) is 22.4. The number of carbonyl (C=O) groups is 2. The molecule has 1 aromatic carbocycles. The van der Waals surface area contributed by atoms with Gasteiger partial charge in [-0.25, -0.2) is 22.5 Å². The molecular formula is C26H32F4N6O4. The Morgan fingerprint density at radius 2 is 1.80 bits per heavy atom. The molecule has 0 aliphatic heterocycles. The summed E-state index contributed by atoms with van der Waals surface area (Å²) < 4.78 is 66.7. The van der Waals surface area contributed by atoms with Gasteiger partial charge in [0.05, 0.1) is 27.3 Å². The summed E-state index contributed by atoms with van der Waals surface area (Å²) in [6, 6.07) is 0.526. The fourth-order valence-electron chi connectivity index (χ4n) is 4.56. The number of ether oxygens (including phenoxy) is 2. The first-order chi connectivity index (χ1) is 19.1. The molecule has 0 spiro atoms. The van der Waals surface area contributed by atoms with E-state index in [1.54, 1.807) is 0 Å². The summed E-state index contributed by atoms with van der Waals surface area (Å²) in [6.45, 7) is 2.30. The molecule has 1 heterocycles. The van der Waals surface area contributed by atoms with Gasteiger partial charge in [0.15, 0.2) is 23.1 Å². The summed E-state index contributed by atoms with van der Waals surface area (Å²) in [4.78, 5) is 34.5. The maximum atomic E-state index is 15.1. The molecule has 1 saturated carbocycles. The minimum absolute atomic E-state index is 0.0165. The van der Waals surface area contributed by atoms with E-state index in [1.807, 2.05) is 0 Å². The second-order valence-corrected chi connectivity index (χ2v) is 9.16. The molecule has 218 valence electrons. The second kappa shape index (κ2) is 13.8. The summed E-state index contributed by atoms with van der Waals surface area (Å²) in [7, 11) is 3.71.